The van der Waals surface area contributed by atoms with E-state index in [9.17, 15) is 4.79 Å². The number of amides is 1. The second-order valence-corrected chi connectivity index (χ2v) is 5.70. The van der Waals surface area contributed by atoms with Gasteiger partial charge in [-0.2, -0.15) is 0 Å². The maximum Gasteiger partial charge on any atom is 0.238 e. The molecule has 0 aromatic heterocycles. The Labute approximate surface area is 115 Å². The highest BCUT2D eigenvalue weighted by molar-refractivity contribution is 5.92. The Kier molecular flexibility index (Phi) is 4.43. The zero-order chi connectivity index (χ0) is 13.8. The number of nitrogens with two attached hydrogens (primary N) is 1. The lowest BCUT2D eigenvalue weighted by Crippen LogP contribution is -2.32. The van der Waals surface area contributed by atoms with Gasteiger partial charge in [-0.05, 0) is 43.0 Å². The summed E-state index contributed by atoms with van der Waals surface area (Å²) < 4.78 is 0. The number of nitrogens with one attached hydrogen (secondary N) is 1. The fourth-order valence-electron chi connectivity index (χ4n) is 2.57. The number of nitrogens with zero attached hydrogens (tertiary/aromatic N) is 1. The van der Waals surface area contributed by atoms with Crippen LogP contribution in [0.4, 0.5) is 11.4 Å². The van der Waals surface area contributed by atoms with E-state index >= 15 is 0 Å². The molecule has 0 bridgehead atoms. The molecule has 1 atom stereocenters. The Bertz CT molecular complexity index is 445. The standard InChI is InChI=1S/C15H23N3O/c1-11(2)12-6-7-18(9-12)10-15(19)17-14-5-3-4-13(16)8-14/h3-5,8,11-12H,6-7,9-10,16H2,1-2H3,(H,17,19). The molecule has 0 radical (unpaired) electrons. The third-order valence-electron chi connectivity index (χ3n) is 3.79. The summed E-state index contributed by atoms with van der Waals surface area (Å²) in [5.74, 6) is 1.46. The molecule has 0 saturated carbocycles. The summed E-state index contributed by atoms with van der Waals surface area (Å²) in [7, 11) is 0. The zero-order valence-electron chi connectivity index (χ0n) is 11.7. The lowest BCUT2D eigenvalue weighted by molar-refractivity contribution is -0.117. The van der Waals surface area contributed by atoms with Gasteiger partial charge in [-0.3, -0.25) is 9.69 Å². The van der Waals surface area contributed by atoms with Gasteiger partial charge in [0.2, 0.25) is 5.91 Å². The van der Waals surface area contributed by atoms with Gasteiger partial charge in [0.15, 0.2) is 0 Å². The molecule has 1 unspecified atom stereocenters. The van der Waals surface area contributed by atoms with Gasteiger partial charge in [-0.1, -0.05) is 19.9 Å². The van der Waals surface area contributed by atoms with Crippen LogP contribution in [0.5, 0.6) is 0 Å². The van der Waals surface area contributed by atoms with E-state index in [1.807, 2.05) is 18.2 Å². The number of carbonyl (C=O) groups excluding carboxylic acids is 1. The molecule has 1 amide bonds. The number of anilines is 2. The third-order valence-corrected chi connectivity index (χ3v) is 3.79. The highest BCUT2D eigenvalue weighted by Gasteiger charge is 2.25. The van der Waals surface area contributed by atoms with Crippen LogP contribution in [0, 0.1) is 11.8 Å². The van der Waals surface area contributed by atoms with E-state index in [0.717, 1.165) is 24.7 Å². The molecule has 19 heavy (non-hydrogen) atoms. The minimum absolute atomic E-state index is 0.0370. The molecule has 0 aliphatic carbocycles. The molecule has 4 heteroatoms. The molecule has 1 aromatic rings. The Morgan fingerprint density at radius 1 is 1.53 bits per heavy atom. The summed E-state index contributed by atoms with van der Waals surface area (Å²) in [5, 5.41) is 2.89. The fraction of sp³-hybridized carbons (Fsp3) is 0.533. The first kappa shape index (κ1) is 13.9. The number of likely N-dealkylation sites (tertiary alicyclic amines) is 1. The quantitative estimate of drug-likeness (QED) is 0.817. The van der Waals surface area contributed by atoms with Crippen LogP contribution >= 0.6 is 0 Å². The van der Waals surface area contributed by atoms with Crippen molar-refractivity contribution in [2.75, 3.05) is 30.7 Å². The topological polar surface area (TPSA) is 58.4 Å². The van der Waals surface area contributed by atoms with Gasteiger partial charge in [-0.25, -0.2) is 0 Å². The van der Waals surface area contributed by atoms with Crippen molar-refractivity contribution in [2.45, 2.75) is 20.3 Å². The molecule has 1 heterocycles. The molecule has 1 fully saturated rings. The van der Waals surface area contributed by atoms with Crippen molar-refractivity contribution in [3.05, 3.63) is 24.3 Å². The van der Waals surface area contributed by atoms with Crippen molar-refractivity contribution >= 4 is 17.3 Å². The van der Waals surface area contributed by atoms with Crippen LogP contribution < -0.4 is 11.1 Å². The van der Waals surface area contributed by atoms with Gasteiger partial charge < -0.3 is 11.1 Å². The lowest BCUT2D eigenvalue weighted by atomic mass is 9.95. The molecule has 1 aliphatic heterocycles. The highest BCUT2D eigenvalue weighted by Crippen LogP contribution is 2.23. The maximum atomic E-state index is 12.0. The summed E-state index contributed by atoms with van der Waals surface area (Å²) >= 11 is 0. The second kappa shape index (κ2) is 6.06. The van der Waals surface area contributed by atoms with E-state index < -0.39 is 0 Å². The first-order valence-corrected chi connectivity index (χ1v) is 6.92. The predicted octanol–water partition coefficient (Wildman–Crippen LogP) is 2.19. The summed E-state index contributed by atoms with van der Waals surface area (Å²) in [6.07, 6.45) is 1.20. The van der Waals surface area contributed by atoms with Crippen LogP contribution in [0.2, 0.25) is 0 Å². The van der Waals surface area contributed by atoms with Gasteiger partial charge in [0.25, 0.3) is 0 Å². The number of hydrogen-bond donors (Lipinski definition) is 2. The van der Waals surface area contributed by atoms with Crippen molar-refractivity contribution < 1.29 is 4.79 Å². The van der Waals surface area contributed by atoms with Crippen LogP contribution in [-0.4, -0.2) is 30.4 Å². The number of hydrogen-bond acceptors (Lipinski definition) is 3. The lowest BCUT2D eigenvalue weighted by Gasteiger charge is -2.17. The molecular formula is C15H23N3O. The van der Waals surface area contributed by atoms with Crippen LogP contribution in [0.15, 0.2) is 24.3 Å². The molecule has 4 nitrogen and oxygen atoms in total. The third kappa shape index (κ3) is 3.96. The summed E-state index contributed by atoms with van der Waals surface area (Å²) in [5.41, 5.74) is 7.12. The zero-order valence-corrected chi connectivity index (χ0v) is 11.7. The van der Waals surface area contributed by atoms with E-state index in [0.29, 0.717) is 18.2 Å². The largest absolute Gasteiger partial charge is 0.399 e. The highest BCUT2D eigenvalue weighted by atomic mass is 16.2. The average Bonchev–Trinajstić information content (AvgIpc) is 2.77. The maximum absolute atomic E-state index is 12.0. The van der Waals surface area contributed by atoms with E-state index in [1.54, 1.807) is 6.07 Å². The summed E-state index contributed by atoms with van der Waals surface area (Å²) in [4.78, 5) is 14.2. The van der Waals surface area contributed by atoms with Crippen molar-refractivity contribution in [3.8, 4) is 0 Å². The van der Waals surface area contributed by atoms with E-state index in [-0.39, 0.29) is 5.91 Å². The van der Waals surface area contributed by atoms with Gasteiger partial charge in [0.05, 0.1) is 6.54 Å². The fourth-order valence-corrected chi connectivity index (χ4v) is 2.57. The van der Waals surface area contributed by atoms with Crippen LogP contribution in [0.25, 0.3) is 0 Å². The molecule has 2 rings (SSSR count). The minimum atomic E-state index is 0.0370. The Morgan fingerprint density at radius 2 is 2.32 bits per heavy atom. The Balaban J connectivity index is 1.82. The van der Waals surface area contributed by atoms with Crippen molar-refractivity contribution in [1.29, 1.82) is 0 Å². The van der Waals surface area contributed by atoms with E-state index in [2.05, 4.69) is 24.1 Å². The normalized spacial score (nSPS) is 19.8. The van der Waals surface area contributed by atoms with E-state index in [1.165, 1.54) is 6.42 Å². The number of rotatable bonds is 4. The van der Waals surface area contributed by atoms with Crippen molar-refractivity contribution in [2.24, 2.45) is 11.8 Å². The van der Waals surface area contributed by atoms with Crippen LogP contribution in [0.3, 0.4) is 0 Å². The van der Waals surface area contributed by atoms with Gasteiger partial charge in [-0.15, -0.1) is 0 Å². The molecular weight excluding hydrogens is 238 g/mol. The molecule has 0 spiro atoms. The SMILES string of the molecule is CC(C)C1CCN(CC(=O)Nc2cccc(N)c2)C1. The summed E-state index contributed by atoms with van der Waals surface area (Å²) in [6.45, 7) is 7.02. The summed E-state index contributed by atoms with van der Waals surface area (Å²) in [6, 6.07) is 7.28. The first-order chi connectivity index (χ1) is 9.04. The number of nitrogen functional groups attached to an aromatic ring is 1. The Hall–Kier alpha value is -1.55. The van der Waals surface area contributed by atoms with Crippen molar-refractivity contribution in [3.63, 3.8) is 0 Å². The molecule has 1 aromatic carbocycles. The van der Waals surface area contributed by atoms with Gasteiger partial charge in [0.1, 0.15) is 0 Å². The molecule has 3 N–H and O–H groups in total. The van der Waals surface area contributed by atoms with Gasteiger partial charge in [0, 0.05) is 17.9 Å². The predicted molar refractivity (Wildman–Crippen MR) is 78.9 cm³/mol. The number of benzene rings is 1. The smallest absolute Gasteiger partial charge is 0.238 e. The van der Waals surface area contributed by atoms with Crippen LogP contribution in [0.1, 0.15) is 20.3 Å². The first-order valence-electron chi connectivity index (χ1n) is 6.92. The minimum Gasteiger partial charge on any atom is -0.399 e. The van der Waals surface area contributed by atoms with Crippen LogP contribution in [-0.2, 0) is 4.79 Å². The average molecular weight is 261 g/mol. The van der Waals surface area contributed by atoms with Gasteiger partial charge >= 0.3 is 0 Å². The van der Waals surface area contributed by atoms with Crippen molar-refractivity contribution in [1.82, 2.24) is 4.90 Å². The molecule has 1 aliphatic rings. The monoisotopic (exact) mass is 261 g/mol. The Morgan fingerprint density at radius 3 is 2.95 bits per heavy atom. The molecule has 104 valence electrons. The molecule has 1 saturated heterocycles. The van der Waals surface area contributed by atoms with E-state index in [4.69, 9.17) is 5.73 Å². The second-order valence-electron chi connectivity index (χ2n) is 5.70. The number of carbonyl (C=O) groups is 1.